The maximum absolute atomic E-state index is 13.8. The van der Waals surface area contributed by atoms with E-state index in [0.29, 0.717) is 50.4 Å². The standard InChI is InChI=1S/C32H43NO8/c1-20(14-26(34)23-10-12-40-13-11-23)31(38)33-25(16-22-8-9-29(39-3)28(36)17-22)27(35)18-24(15-21-6-4-5-7-21)30(37)32(2)19-41-32/h6,8-9,17,20,23-25,36H,4-5,7,10-16,18-19H2,1-3H3,(H,33,38). The molecule has 1 aromatic rings. The Morgan fingerprint density at radius 3 is 2.49 bits per heavy atom. The van der Waals surface area contributed by atoms with Crippen LogP contribution < -0.4 is 10.1 Å². The van der Waals surface area contributed by atoms with Crippen molar-refractivity contribution in [3.8, 4) is 11.5 Å². The smallest absolute Gasteiger partial charge is 0.223 e. The van der Waals surface area contributed by atoms with Crippen LogP contribution in [0.3, 0.4) is 0 Å². The molecule has 0 aromatic heterocycles. The highest BCUT2D eigenvalue weighted by atomic mass is 16.6. The number of ether oxygens (including phenoxy) is 3. The number of rotatable bonds is 15. The van der Waals surface area contributed by atoms with Gasteiger partial charge in [0.25, 0.3) is 0 Å². The van der Waals surface area contributed by atoms with Gasteiger partial charge in [0.1, 0.15) is 11.4 Å². The van der Waals surface area contributed by atoms with E-state index in [0.717, 1.165) is 19.3 Å². The number of nitrogens with one attached hydrogen (secondary N) is 1. The summed E-state index contributed by atoms with van der Waals surface area (Å²) in [4.78, 5) is 53.3. The van der Waals surface area contributed by atoms with Crippen molar-refractivity contribution in [1.29, 1.82) is 0 Å². The number of benzene rings is 1. The third-order valence-corrected chi connectivity index (χ3v) is 8.58. The van der Waals surface area contributed by atoms with E-state index in [1.54, 1.807) is 26.0 Å². The summed E-state index contributed by atoms with van der Waals surface area (Å²) in [5.74, 6) is -1.75. The molecule has 2 heterocycles. The summed E-state index contributed by atoms with van der Waals surface area (Å²) in [5, 5.41) is 13.2. The minimum atomic E-state index is -0.934. The van der Waals surface area contributed by atoms with Crippen molar-refractivity contribution in [2.24, 2.45) is 17.8 Å². The molecule has 9 heteroatoms. The van der Waals surface area contributed by atoms with E-state index in [-0.39, 0.29) is 54.2 Å². The summed E-state index contributed by atoms with van der Waals surface area (Å²) < 4.78 is 15.9. The predicted molar refractivity (Wildman–Crippen MR) is 152 cm³/mol. The number of carbonyl (C=O) groups is 4. The molecule has 41 heavy (non-hydrogen) atoms. The number of hydrogen-bond acceptors (Lipinski definition) is 8. The number of methoxy groups -OCH3 is 1. The molecular formula is C32H43NO8. The van der Waals surface area contributed by atoms with Gasteiger partial charge in [0, 0.05) is 43.8 Å². The fraction of sp³-hybridized carbons (Fsp3) is 0.625. The maximum atomic E-state index is 13.8. The summed E-state index contributed by atoms with van der Waals surface area (Å²) in [6, 6.07) is 3.91. The molecule has 1 aliphatic carbocycles. The number of amides is 1. The Morgan fingerprint density at radius 1 is 1.15 bits per heavy atom. The van der Waals surface area contributed by atoms with Crippen LogP contribution in [0.5, 0.6) is 11.5 Å². The van der Waals surface area contributed by atoms with E-state index in [1.165, 1.54) is 18.7 Å². The van der Waals surface area contributed by atoms with E-state index in [1.807, 2.05) is 0 Å². The second-order valence-corrected chi connectivity index (χ2v) is 11.9. The Bertz CT molecular complexity index is 1160. The van der Waals surface area contributed by atoms with Crippen LogP contribution in [0.4, 0.5) is 0 Å². The zero-order chi connectivity index (χ0) is 29.6. The molecule has 0 spiro atoms. The molecule has 1 amide bonds. The number of phenols is 1. The fourth-order valence-electron chi connectivity index (χ4n) is 5.80. The number of allylic oxidation sites excluding steroid dienone is 2. The minimum Gasteiger partial charge on any atom is -0.504 e. The maximum Gasteiger partial charge on any atom is 0.223 e. The van der Waals surface area contributed by atoms with Crippen molar-refractivity contribution in [2.75, 3.05) is 26.9 Å². The van der Waals surface area contributed by atoms with Crippen LogP contribution in [-0.2, 0) is 35.1 Å². The van der Waals surface area contributed by atoms with E-state index >= 15 is 0 Å². The van der Waals surface area contributed by atoms with Gasteiger partial charge in [0.05, 0.1) is 19.8 Å². The van der Waals surface area contributed by atoms with Crippen molar-refractivity contribution < 1.29 is 38.5 Å². The first-order valence-corrected chi connectivity index (χ1v) is 14.7. The van der Waals surface area contributed by atoms with Crippen LogP contribution in [0.25, 0.3) is 0 Å². The van der Waals surface area contributed by atoms with E-state index in [4.69, 9.17) is 14.2 Å². The van der Waals surface area contributed by atoms with Gasteiger partial charge in [-0.25, -0.2) is 0 Å². The van der Waals surface area contributed by atoms with Crippen molar-refractivity contribution in [1.82, 2.24) is 5.32 Å². The van der Waals surface area contributed by atoms with Crippen molar-refractivity contribution >= 4 is 23.3 Å². The number of ketones is 3. The van der Waals surface area contributed by atoms with Crippen LogP contribution in [0, 0.1) is 17.8 Å². The molecule has 0 bridgehead atoms. The molecule has 1 aromatic carbocycles. The lowest BCUT2D eigenvalue weighted by molar-refractivity contribution is -0.135. The van der Waals surface area contributed by atoms with Gasteiger partial charge in [0.15, 0.2) is 23.1 Å². The average molecular weight is 570 g/mol. The van der Waals surface area contributed by atoms with Gasteiger partial charge < -0.3 is 24.6 Å². The largest absolute Gasteiger partial charge is 0.504 e. The Labute approximate surface area is 242 Å². The minimum absolute atomic E-state index is 0.0302. The number of epoxide rings is 1. The molecular weight excluding hydrogens is 526 g/mol. The Kier molecular flexibility index (Phi) is 10.4. The van der Waals surface area contributed by atoms with Gasteiger partial charge >= 0.3 is 0 Å². The number of phenolic OH excluding ortho intramolecular Hbond substituents is 1. The molecule has 2 fully saturated rings. The number of Topliss-reactive ketones (excluding diaryl/α,β-unsaturated/α-hetero) is 3. The van der Waals surface area contributed by atoms with E-state index < -0.39 is 23.5 Å². The van der Waals surface area contributed by atoms with Crippen LogP contribution in [0.2, 0.25) is 0 Å². The zero-order valence-corrected chi connectivity index (χ0v) is 24.4. The molecule has 224 valence electrons. The molecule has 0 saturated carbocycles. The van der Waals surface area contributed by atoms with Gasteiger partial charge in [-0.05, 0) is 69.6 Å². The lowest BCUT2D eigenvalue weighted by Crippen LogP contribution is -2.46. The Morgan fingerprint density at radius 2 is 1.88 bits per heavy atom. The first kappa shape index (κ1) is 30.9. The highest BCUT2D eigenvalue weighted by Gasteiger charge is 2.50. The third kappa shape index (κ3) is 8.26. The van der Waals surface area contributed by atoms with Crippen LogP contribution in [-0.4, -0.2) is 66.9 Å². The first-order chi connectivity index (χ1) is 19.6. The van der Waals surface area contributed by atoms with Gasteiger partial charge in [-0.15, -0.1) is 0 Å². The molecule has 4 atom stereocenters. The van der Waals surface area contributed by atoms with Crippen molar-refractivity contribution in [3.05, 3.63) is 35.4 Å². The first-order valence-electron chi connectivity index (χ1n) is 14.7. The third-order valence-electron chi connectivity index (χ3n) is 8.58. The average Bonchev–Trinajstić information content (AvgIpc) is 3.50. The van der Waals surface area contributed by atoms with Crippen molar-refractivity contribution in [3.63, 3.8) is 0 Å². The predicted octanol–water partition coefficient (Wildman–Crippen LogP) is 3.88. The van der Waals surface area contributed by atoms with Gasteiger partial charge in [-0.2, -0.15) is 0 Å². The second kappa shape index (κ2) is 13.7. The zero-order valence-electron chi connectivity index (χ0n) is 24.4. The summed E-state index contributed by atoms with van der Waals surface area (Å²) in [6.07, 6.45) is 7.08. The number of carbonyl (C=O) groups excluding carboxylic acids is 4. The summed E-state index contributed by atoms with van der Waals surface area (Å²) >= 11 is 0. The Balaban J connectivity index is 1.49. The van der Waals surface area contributed by atoms with Crippen molar-refractivity contribution in [2.45, 2.75) is 83.3 Å². The molecule has 2 aliphatic heterocycles. The van der Waals surface area contributed by atoms with Crippen LogP contribution in [0.1, 0.15) is 70.8 Å². The normalized spacial score (nSPS) is 22.8. The topological polar surface area (TPSA) is 132 Å². The molecule has 2 saturated heterocycles. The number of hydrogen-bond donors (Lipinski definition) is 2. The van der Waals surface area contributed by atoms with Crippen LogP contribution >= 0.6 is 0 Å². The van der Waals surface area contributed by atoms with E-state index in [2.05, 4.69) is 11.4 Å². The van der Waals surface area contributed by atoms with Crippen LogP contribution in [0.15, 0.2) is 29.8 Å². The molecule has 0 radical (unpaired) electrons. The quantitative estimate of drug-likeness (QED) is 0.240. The molecule has 9 nitrogen and oxygen atoms in total. The van der Waals surface area contributed by atoms with Gasteiger partial charge in [-0.3, -0.25) is 19.2 Å². The second-order valence-electron chi connectivity index (χ2n) is 11.9. The SMILES string of the molecule is COc1ccc(CC(NC(=O)C(C)CC(=O)C2CCOCC2)C(=O)CC(CC2=CCCC2)C(=O)C2(C)CO2)cc1O. The lowest BCUT2D eigenvalue weighted by Gasteiger charge is -2.25. The monoisotopic (exact) mass is 569 g/mol. The Hall–Kier alpha value is -3.04. The molecule has 3 aliphatic rings. The number of aromatic hydroxyl groups is 1. The highest BCUT2D eigenvalue weighted by molar-refractivity contribution is 5.97. The van der Waals surface area contributed by atoms with Gasteiger partial charge in [-0.1, -0.05) is 24.6 Å². The summed E-state index contributed by atoms with van der Waals surface area (Å²) in [6.45, 7) is 4.88. The molecule has 2 N–H and O–H groups in total. The van der Waals surface area contributed by atoms with Gasteiger partial charge in [0.2, 0.25) is 5.91 Å². The summed E-state index contributed by atoms with van der Waals surface area (Å²) in [7, 11) is 1.45. The van der Waals surface area contributed by atoms with E-state index in [9.17, 15) is 24.3 Å². The lowest BCUT2D eigenvalue weighted by atomic mass is 9.83. The highest BCUT2D eigenvalue weighted by Crippen LogP contribution is 2.36. The summed E-state index contributed by atoms with van der Waals surface area (Å²) in [5.41, 5.74) is 0.956. The molecule has 4 unspecified atom stereocenters. The molecule has 4 rings (SSSR count). The fourth-order valence-corrected chi connectivity index (χ4v) is 5.80.